The highest BCUT2D eigenvalue weighted by Crippen LogP contribution is 2.32. The zero-order valence-electron chi connectivity index (χ0n) is 22.6. The van der Waals surface area contributed by atoms with Gasteiger partial charge in [0.15, 0.2) is 0 Å². The Bertz CT molecular complexity index is 1560. The van der Waals surface area contributed by atoms with Crippen molar-refractivity contribution in [3.05, 3.63) is 89.1 Å². The van der Waals surface area contributed by atoms with Gasteiger partial charge in [0.05, 0.1) is 11.8 Å². The van der Waals surface area contributed by atoms with Crippen LogP contribution in [0.5, 0.6) is 11.5 Å². The van der Waals surface area contributed by atoms with E-state index in [-0.39, 0.29) is 24.5 Å². The fourth-order valence-electron chi connectivity index (χ4n) is 5.08. The van der Waals surface area contributed by atoms with Crippen molar-refractivity contribution < 1.29 is 23.4 Å². The van der Waals surface area contributed by atoms with Crippen LogP contribution in [0.2, 0.25) is 0 Å². The van der Waals surface area contributed by atoms with Crippen molar-refractivity contribution in [3.8, 4) is 11.5 Å². The average Bonchev–Trinajstić information content (AvgIpc) is 3.34. The second-order valence-corrected chi connectivity index (χ2v) is 11.9. The molecule has 40 heavy (non-hydrogen) atoms. The summed E-state index contributed by atoms with van der Waals surface area (Å²) in [6.45, 7) is 1.29. The Morgan fingerprint density at radius 1 is 1.05 bits per heavy atom. The zero-order chi connectivity index (χ0) is 28.1. The van der Waals surface area contributed by atoms with Gasteiger partial charge in [-0.05, 0) is 66.6 Å². The van der Waals surface area contributed by atoms with Gasteiger partial charge in [0.2, 0.25) is 0 Å². The van der Waals surface area contributed by atoms with Gasteiger partial charge >= 0.3 is 10.2 Å². The van der Waals surface area contributed by atoms with E-state index < -0.39 is 16.3 Å². The number of aliphatic hydroxyl groups excluding tert-OH is 1. The number of aryl methyl sites for hydroxylation is 2. The third-order valence-electron chi connectivity index (χ3n) is 7.34. The highest BCUT2D eigenvalue weighted by atomic mass is 32.2. The number of ether oxygens (including phenoxy) is 1. The van der Waals surface area contributed by atoms with Gasteiger partial charge in [0, 0.05) is 49.3 Å². The number of nitrogens with one attached hydrogen (secondary N) is 3. The van der Waals surface area contributed by atoms with E-state index in [1.165, 1.54) is 48.7 Å². The summed E-state index contributed by atoms with van der Waals surface area (Å²) in [4.78, 5) is 3.54. The molecule has 1 aromatic heterocycles. The van der Waals surface area contributed by atoms with Crippen LogP contribution in [0.3, 0.4) is 0 Å². The Morgan fingerprint density at radius 3 is 2.67 bits per heavy atom. The minimum absolute atomic E-state index is 0.0711. The molecule has 0 saturated carbocycles. The molecule has 0 radical (unpaired) electrons. The molecule has 5 rings (SSSR count). The zero-order valence-corrected chi connectivity index (χ0v) is 23.4. The highest BCUT2D eigenvalue weighted by molar-refractivity contribution is 7.90. The first-order chi connectivity index (χ1) is 19.3. The summed E-state index contributed by atoms with van der Waals surface area (Å²) in [6, 6.07) is 19.8. The number of aromatic hydroxyl groups is 1. The number of fused-ring (bicyclic) bond motifs is 3. The van der Waals surface area contributed by atoms with Gasteiger partial charge in [0.1, 0.15) is 18.1 Å². The summed E-state index contributed by atoms with van der Waals surface area (Å²) in [7, 11) is -2.58. The van der Waals surface area contributed by atoms with Gasteiger partial charge in [-0.3, -0.25) is 4.31 Å². The summed E-state index contributed by atoms with van der Waals surface area (Å²) in [5.74, 6) is 0.589. The maximum Gasteiger partial charge on any atom is 0.301 e. The van der Waals surface area contributed by atoms with Gasteiger partial charge < -0.3 is 25.3 Å². The molecule has 1 atom stereocenters. The lowest BCUT2D eigenvalue weighted by Gasteiger charge is -2.22. The molecule has 10 heteroatoms. The maximum atomic E-state index is 12.8. The van der Waals surface area contributed by atoms with Gasteiger partial charge in [-0.15, -0.1) is 0 Å². The molecule has 0 spiro atoms. The van der Waals surface area contributed by atoms with E-state index in [1.54, 1.807) is 6.07 Å². The number of aliphatic hydroxyl groups is 1. The van der Waals surface area contributed by atoms with Crippen LogP contribution in [-0.2, 0) is 29.6 Å². The molecule has 0 fully saturated rings. The van der Waals surface area contributed by atoms with Crippen LogP contribution in [0.1, 0.15) is 41.3 Å². The van der Waals surface area contributed by atoms with Gasteiger partial charge in [-0.25, -0.2) is 0 Å². The molecule has 212 valence electrons. The standard InChI is InChI=1S/C30H36N4O5S/c1-34(40(37,38)32-19-21-7-3-2-4-8-21)28-17-22(11-14-29(28)35)30(36)20-31-15-16-39-23-12-13-25-24-9-5-6-10-26(24)33-27(25)18-23/h2-4,7-8,11-14,17-18,30-33,35-36H,5-6,9-10,15-16,19-20H2,1H3. The first kappa shape index (κ1) is 28.0. The third-order valence-corrected chi connectivity index (χ3v) is 8.77. The number of benzene rings is 3. The first-order valence-corrected chi connectivity index (χ1v) is 15.0. The number of phenols is 1. The second-order valence-electron chi connectivity index (χ2n) is 10.1. The second kappa shape index (κ2) is 12.3. The summed E-state index contributed by atoms with van der Waals surface area (Å²) in [6.07, 6.45) is 3.79. The number of hydrogen-bond acceptors (Lipinski definition) is 6. The number of phenolic OH excluding ortho intramolecular Hbond substituents is 1. The Morgan fingerprint density at radius 2 is 1.85 bits per heavy atom. The Balaban J connectivity index is 1.12. The predicted octanol–water partition coefficient (Wildman–Crippen LogP) is 3.93. The van der Waals surface area contributed by atoms with Crippen molar-refractivity contribution in [2.24, 2.45) is 0 Å². The number of nitrogens with zero attached hydrogens (tertiary/aromatic N) is 1. The van der Waals surface area contributed by atoms with E-state index in [1.807, 2.05) is 42.5 Å². The van der Waals surface area contributed by atoms with Crippen LogP contribution in [0.25, 0.3) is 10.9 Å². The number of H-pyrrole nitrogens is 1. The normalized spacial score (nSPS) is 14.2. The van der Waals surface area contributed by atoms with E-state index in [0.717, 1.165) is 34.0 Å². The number of rotatable bonds is 12. The molecule has 1 heterocycles. The molecule has 1 aliphatic rings. The van der Waals surface area contributed by atoms with E-state index >= 15 is 0 Å². The molecule has 4 aromatic rings. The lowest BCUT2D eigenvalue weighted by atomic mass is 9.96. The maximum absolute atomic E-state index is 12.8. The van der Waals surface area contributed by atoms with E-state index in [0.29, 0.717) is 18.7 Å². The lowest BCUT2D eigenvalue weighted by Crippen LogP contribution is -2.38. The lowest BCUT2D eigenvalue weighted by molar-refractivity contribution is 0.172. The quantitative estimate of drug-likeness (QED) is 0.166. The minimum Gasteiger partial charge on any atom is -0.506 e. The molecule has 1 aliphatic carbocycles. The topological polar surface area (TPSA) is 127 Å². The van der Waals surface area contributed by atoms with Gasteiger partial charge in [0.25, 0.3) is 0 Å². The molecule has 5 N–H and O–H groups in total. The monoisotopic (exact) mass is 564 g/mol. The van der Waals surface area contributed by atoms with Crippen LogP contribution < -0.4 is 19.1 Å². The molecule has 9 nitrogen and oxygen atoms in total. The fraction of sp³-hybridized carbons (Fsp3) is 0.333. The van der Waals surface area contributed by atoms with E-state index in [9.17, 15) is 18.6 Å². The Hall–Kier alpha value is -3.57. The van der Waals surface area contributed by atoms with Crippen molar-refractivity contribution in [1.29, 1.82) is 0 Å². The number of anilines is 1. The minimum atomic E-state index is -3.93. The van der Waals surface area contributed by atoms with E-state index in [2.05, 4.69) is 21.1 Å². The van der Waals surface area contributed by atoms with Gasteiger partial charge in [-0.1, -0.05) is 36.4 Å². The predicted molar refractivity (Wildman–Crippen MR) is 157 cm³/mol. The van der Waals surface area contributed by atoms with Crippen molar-refractivity contribution in [1.82, 2.24) is 15.0 Å². The summed E-state index contributed by atoms with van der Waals surface area (Å²) >= 11 is 0. The average molecular weight is 565 g/mol. The Labute approximate surface area is 235 Å². The number of hydrogen-bond donors (Lipinski definition) is 5. The van der Waals surface area contributed by atoms with Crippen LogP contribution in [0, 0.1) is 0 Å². The van der Waals surface area contributed by atoms with Crippen molar-refractivity contribution in [2.45, 2.75) is 38.3 Å². The molecule has 0 saturated heterocycles. The summed E-state index contributed by atoms with van der Waals surface area (Å²) in [5, 5.41) is 25.5. The molecule has 0 bridgehead atoms. The molecule has 0 aliphatic heterocycles. The van der Waals surface area contributed by atoms with Crippen molar-refractivity contribution in [3.63, 3.8) is 0 Å². The van der Waals surface area contributed by atoms with Crippen LogP contribution in [-0.4, -0.2) is 50.4 Å². The Kier molecular flexibility index (Phi) is 8.60. The van der Waals surface area contributed by atoms with Crippen molar-refractivity contribution in [2.75, 3.05) is 31.0 Å². The number of aromatic nitrogens is 1. The van der Waals surface area contributed by atoms with Crippen LogP contribution in [0.15, 0.2) is 66.7 Å². The first-order valence-electron chi connectivity index (χ1n) is 13.6. The SMILES string of the molecule is CN(c1cc(C(O)CNCCOc2ccc3c4c([nH]c3c2)CCCC4)ccc1O)S(=O)(=O)NCc1ccccc1. The largest absolute Gasteiger partial charge is 0.506 e. The van der Waals surface area contributed by atoms with Crippen molar-refractivity contribution >= 4 is 26.8 Å². The van der Waals surface area contributed by atoms with E-state index in [4.69, 9.17) is 4.74 Å². The number of aromatic amines is 1. The summed E-state index contributed by atoms with van der Waals surface area (Å²) < 4.78 is 35.1. The smallest absolute Gasteiger partial charge is 0.301 e. The van der Waals surface area contributed by atoms with Crippen LogP contribution >= 0.6 is 0 Å². The molecule has 0 amide bonds. The third kappa shape index (κ3) is 6.42. The van der Waals surface area contributed by atoms with Crippen LogP contribution in [0.4, 0.5) is 5.69 Å². The fourth-order valence-corrected chi connectivity index (χ4v) is 6.03. The molecular formula is C30H36N4O5S. The molecule has 3 aromatic carbocycles. The molecule has 1 unspecified atom stereocenters. The summed E-state index contributed by atoms with van der Waals surface area (Å²) in [5.41, 5.74) is 5.26. The highest BCUT2D eigenvalue weighted by Gasteiger charge is 2.22. The van der Waals surface area contributed by atoms with Gasteiger partial charge in [-0.2, -0.15) is 13.1 Å². The molecular weight excluding hydrogens is 528 g/mol.